The average molecular weight is 288 g/mol. The third-order valence-electron chi connectivity index (χ3n) is 3.06. The number of nitrogens with zero attached hydrogens (tertiary/aromatic N) is 2. The van der Waals surface area contributed by atoms with Gasteiger partial charge in [-0.3, -0.25) is 0 Å². The number of hydrogen-bond donors (Lipinski definition) is 1. The number of esters is 1. The summed E-state index contributed by atoms with van der Waals surface area (Å²) in [6, 6.07) is 6.94. The second-order valence-electron chi connectivity index (χ2n) is 4.31. The van der Waals surface area contributed by atoms with Gasteiger partial charge in [0, 0.05) is 30.4 Å². The number of phenols is 1. The van der Waals surface area contributed by atoms with Gasteiger partial charge in [-0.1, -0.05) is 0 Å². The van der Waals surface area contributed by atoms with Crippen molar-refractivity contribution in [3.8, 4) is 11.8 Å². The number of carbonyl (C=O) groups excluding carboxylic acids is 1. The highest BCUT2D eigenvalue weighted by Gasteiger charge is 2.12. The van der Waals surface area contributed by atoms with Crippen molar-refractivity contribution in [3.05, 3.63) is 29.3 Å². The van der Waals surface area contributed by atoms with Crippen LogP contribution in [0.2, 0.25) is 0 Å². The van der Waals surface area contributed by atoms with Crippen LogP contribution in [0.3, 0.4) is 0 Å². The lowest BCUT2D eigenvalue weighted by Gasteiger charge is -2.21. The van der Waals surface area contributed by atoms with Crippen LogP contribution in [-0.2, 0) is 9.53 Å². The topological polar surface area (TPSA) is 73.6 Å². The van der Waals surface area contributed by atoms with Crippen LogP contribution in [-0.4, -0.2) is 30.8 Å². The molecule has 0 aliphatic heterocycles. The first-order valence-corrected chi connectivity index (χ1v) is 6.94. The van der Waals surface area contributed by atoms with Crippen molar-refractivity contribution in [1.29, 1.82) is 5.26 Å². The first-order chi connectivity index (χ1) is 10.1. The highest BCUT2D eigenvalue weighted by molar-refractivity contribution is 5.98. The van der Waals surface area contributed by atoms with Crippen LogP contribution in [0.15, 0.2) is 23.8 Å². The van der Waals surface area contributed by atoms with Crippen molar-refractivity contribution in [3.63, 3.8) is 0 Å². The molecule has 5 heteroatoms. The second-order valence-corrected chi connectivity index (χ2v) is 4.31. The SMILES string of the molecule is CCOC(=O)/C(C#N)=C\c1ccc(N(CC)CC)cc1O. The molecule has 0 saturated heterocycles. The van der Waals surface area contributed by atoms with Crippen LogP contribution in [0.5, 0.6) is 5.75 Å². The molecule has 0 amide bonds. The molecule has 0 spiro atoms. The fourth-order valence-corrected chi connectivity index (χ4v) is 1.94. The van der Waals surface area contributed by atoms with Crippen LogP contribution in [0.25, 0.3) is 6.08 Å². The van der Waals surface area contributed by atoms with E-state index in [1.807, 2.05) is 19.9 Å². The molecule has 1 aromatic carbocycles. The van der Waals surface area contributed by atoms with E-state index in [1.54, 1.807) is 25.1 Å². The van der Waals surface area contributed by atoms with Crippen molar-refractivity contribution in [2.45, 2.75) is 20.8 Å². The van der Waals surface area contributed by atoms with Gasteiger partial charge in [-0.15, -0.1) is 0 Å². The van der Waals surface area contributed by atoms with E-state index in [0.717, 1.165) is 18.8 Å². The Morgan fingerprint density at radius 3 is 2.52 bits per heavy atom. The Morgan fingerprint density at radius 2 is 2.05 bits per heavy atom. The van der Waals surface area contributed by atoms with E-state index in [-0.39, 0.29) is 17.9 Å². The molecule has 0 aromatic heterocycles. The van der Waals surface area contributed by atoms with Crippen molar-refractivity contribution < 1.29 is 14.6 Å². The van der Waals surface area contributed by atoms with E-state index in [1.165, 1.54) is 6.08 Å². The number of phenolic OH excluding ortho intramolecular Hbond substituents is 1. The van der Waals surface area contributed by atoms with Gasteiger partial charge in [-0.25, -0.2) is 4.79 Å². The predicted octanol–water partition coefficient (Wildman–Crippen LogP) is 2.71. The number of aromatic hydroxyl groups is 1. The average Bonchev–Trinajstić information content (AvgIpc) is 2.48. The predicted molar refractivity (Wildman–Crippen MR) is 81.9 cm³/mol. The Hall–Kier alpha value is -2.48. The van der Waals surface area contributed by atoms with E-state index in [4.69, 9.17) is 10.00 Å². The summed E-state index contributed by atoms with van der Waals surface area (Å²) in [6.45, 7) is 7.59. The molecule has 0 atom stereocenters. The van der Waals surface area contributed by atoms with Crippen LogP contribution >= 0.6 is 0 Å². The van der Waals surface area contributed by atoms with E-state index in [9.17, 15) is 9.90 Å². The van der Waals surface area contributed by atoms with Crippen molar-refractivity contribution >= 4 is 17.7 Å². The van der Waals surface area contributed by atoms with E-state index in [2.05, 4.69) is 4.90 Å². The zero-order valence-corrected chi connectivity index (χ0v) is 12.6. The molecule has 1 aromatic rings. The summed E-state index contributed by atoms with van der Waals surface area (Å²) < 4.78 is 4.78. The first kappa shape index (κ1) is 16.6. The maximum atomic E-state index is 11.6. The summed E-state index contributed by atoms with van der Waals surface area (Å²) in [6.07, 6.45) is 1.33. The standard InChI is InChI=1S/C16H20N2O3/c1-4-18(5-2)14-8-7-12(15(19)10-14)9-13(11-17)16(20)21-6-3/h7-10,19H,4-6H2,1-3H3/b13-9-. The lowest BCUT2D eigenvalue weighted by molar-refractivity contribution is -0.137. The van der Waals surface area contributed by atoms with Gasteiger partial charge in [0.15, 0.2) is 0 Å². The molecule has 1 N–H and O–H groups in total. The van der Waals surface area contributed by atoms with Crippen LogP contribution in [0, 0.1) is 11.3 Å². The highest BCUT2D eigenvalue weighted by atomic mass is 16.5. The third kappa shape index (κ3) is 4.25. The Kier molecular flexibility index (Phi) is 6.28. The molecule has 0 aliphatic carbocycles. The zero-order chi connectivity index (χ0) is 15.8. The molecule has 0 aliphatic rings. The number of benzene rings is 1. The quantitative estimate of drug-likeness (QED) is 0.495. The van der Waals surface area contributed by atoms with Crippen LogP contribution < -0.4 is 4.90 Å². The number of ether oxygens (including phenoxy) is 1. The molecule has 0 unspecified atom stereocenters. The summed E-state index contributed by atoms with van der Waals surface area (Å²) in [5.74, 6) is -0.663. The Bertz CT molecular complexity index is 569. The highest BCUT2D eigenvalue weighted by Crippen LogP contribution is 2.26. The Labute approximate surface area is 125 Å². The van der Waals surface area contributed by atoms with Gasteiger partial charge in [0.25, 0.3) is 0 Å². The van der Waals surface area contributed by atoms with Gasteiger partial charge in [0.2, 0.25) is 0 Å². The fraction of sp³-hybridized carbons (Fsp3) is 0.375. The summed E-state index contributed by atoms with van der Waals surface area (Å²) in [5, 5.41) is 19.0. The third-order valence-corrected chi connectivity index (χ3v) is 3.06. The number of hydrogen-bond acceptors (Lipinski definition) is 5. The molecule has 0 radical (unpaired) electrons. The molecular weight excluding hydrogens is 268 g/mol. The van der Waals surface area contributed by atoms with Crippen LogP contribution in [0.4, 0.5) is 5.69 Å². The molecule has 112 valence electrons. The number of anilines is 1. The van der Waals surface area contributed by atoms with Gasteiger partial charge in [-0.2, -0.15) is 5.26 Å². The molecular formula is C16H20N2O3. The lowest BCUT2D eigenvalue weighted by Crippen LogP contribution is -2.21. The van der Waals surface area contributed by atoms with Gasteiger partial charge in [-0.05, 0) is 39.0 Å². The Morgan fingerprint density at radius 1 is 1.38 bits per heavy atom. The van der Waals surface area contributed by atoms with Gasteiger partial charge >= 0.3 is 5.97 Å². The number of carbonyl (C=O) groups is 1. The molecule has 0 bridgehead atoms. The van der Waals surface area contributed by atoms with Crippen molar-refractivity contribution in [1.82, 2.24) is 0 Å². The molecule has 0 heterocycles. The summed E-state index contributed by atoms with van der Waals surface area (Å²) in [7, 11) is 0. The molecule has 0 saturated carbocycles. The van der Waals surface area contributed by atoms with Gasteiger partial charge in [0.1, 0.15) is 17.4 Å². The normalized spacial score (nSPS) is 10.9. The smallest absolute Gasteiger partial charge is 0.348 e. The van der Waals surface area contributed by atoms with E-state index < -0.39 is 5.97 Å². The summed E-state index contributed by atoms with van der Waals surface area (Å²) in [5.41, 5.74) is 1.17. The fourth-order valence-electron chi connectivity index (χ4n) is 1.94. The van der Waals surface area contributed by atoms with Crippen LogP contribution in [0.1, 0.15) is 26.3 Å². The largest absolute Gasteiger partial charge is 0.507 e. The molecule has 21 heavy (non-hydrogen) atoms. The van der Waals surface area contributed by atoms with E-state index in [0.29, 0.717) is 5.56 Å². The van der Waals surface area contributed by atoms with Crippen molar-refractivity contribution in [2.75, 3.05) is 24.6 Å². The maximum absolute atomic E-state index is 11.6. The zero-order valence-electron chi connectivity index (χ0n) is 12.6. The lowest BCUT2D eigenvalue weighted by atomic mass is 10.1. The van der Waals surface area contributed by atoms with Gasteiger partial charge < -0.3 is 14.7 Å². The molecule has 0 fully saturated rings. The van der Waals surface area contributed by atoms with Crippen molar-refractivity contribution in [2.24, 2.45) is 0 Å². The minimum atomic E-state index is -0.688. The van der Waals surface area contributed by atoms with E-state index >= 15 is 0 Å². The Balaban J connectivity index is 3.10. The number of nitriles is 1. The minimum Gasteiger partial charge on any atom is -0.507 e. The second kappa shape index (κ2) is 7.95. The summed E-state index contributed by atoms with van der Waals surface area (Å²) >= 11 is 0. The summed E-state index contributed by atoms with van der Waals surface area (Å²) in [4.78, 5) is 13.6. The first-order valence-electron chi connectivity index (χ1n) is 6.94. The monoisotopic (exact) mass is 288 g/mol. The minimum absolute atomic E-state index is 0.0245. The maximum Gasteiger partial charge on any atom is 0.348 e. The van der Waals surface area contributed by atoms with Gasteiger partial charge in [0.05, 0.1) is 6.61 Å². The molecule has 1 rings (SSSR count). The molecule has 5 nitrogen and oxygen atoms in total. The number of rotatable bonds is 6.